The minimum atomic E-state index is -0.316. The molecule has 0 radical (unpaired) electrons. The molecule has 202 valence electrons. The maximum Gasteiger partial charge on any atom is 0.333 e. The van der Waals surface area contributed by atoms with Crippen LogP contribution in [0.15, 0.2) is 23.8 Å². The second-order valence-corrected chi connectivity index (χ2v) is 14.5. The van der Waals surface area contributed by atoms with Gasteiger partial charge in [-0.15, -0.1) is 0 Å². The van der Waals surface area contributed by atoms with Crippen LogP contribution in [0, 0.1) is 65.1 Å². The van der Waals surface area contributed by atoms with Gasteiger partial charge in [0.05, 0.1) is 0 Å². The molecule has 7 saturated carbocycles. The Hall–Kier alpha value is -1.58. The lowest BCUT2D eigenvalue weighted by Crippen LogP contribution is -2.49. The van der Waals surface area contributed by atoms with Gasteiger partial charge in [-0.3, -0.25) is 0 Å². The molecule has 0 aromatic carbocycles. The zero-order valence-corrected chi connectivity index (χ0v) is 23.3. The lowest BCUT2D eigenvalue weighted by molar-refractivity contribution is -0.170. The van der Waals surface area contributed by atoms with Crippen molar-refractivity contribution in [2.24, 2.45) is 65.1 Å². The monoisotopic (exact) mass is 506 g/mol. The molecule has 0 aromatic rings. The van der Waals surface area contributed by atoms with Gasteiger partial charge in [-0.1, -0.05) is 26.5 Å². The average molecular weight is 507 g/mol. The van der Waals surface area contributed by atoms with Crippen LogP contribution in [0.1, 0.15) is 91.9 Å². The van der Waals surface area contributed by atoms with Gasteiger partial charge in [0, 0.05) is 23.0 Å². The predicted molar refractivity (Wildman–Crippen MR) is 142 cm³/mol. The number of hydrogen-bond acceptors (Lipinski definition) is 4. The van der Waals surface area contributed by atoms with Crippen molar-refractivity contribution < 1.29 is 19.1 Å². The topological polar surface area (TPSA) is 52.6 Å². The Morgan fingerprint density at radius 2 is 1.43 bits per heavy atom. The van der Waals surface area contributed by atoms with Crippen LogP contribution in [0.2, 0.25) is 0 Å². The SMILES string of the molecule is C=C(C)C(=O)OC1(CC)CC2CC1C1C3CC(CC3/C=C(\C)C(=O)OC3(CC)CC4CC3C3CCC43)C21. The van der Waals surface area contributed by atoms with Gasteiger partial charge in [0.2, 0.25) is 0 Å². The van der Waals surface area contributed by atoms with E-state index in [0.29, 0.717) is 41.1 Å². The maximum atomic E-state index is 13.5. The summed E-state index contributed by atoms with van der Waals surface area (Å²) >= 11 is 0. The predicted octanol–water partition coefficient (Wildman–Crippen LogP) is 6.89. The van der Waals surface area contributed by atoms with E-state index in [0.717, 1.165) is 60.8 Å². The number of rotatable bonds is 7. The van der Waals surface area contributed by atoms with Crippen molar-refractivity contribution in [2.45, 2.75) is 103 Å². The van der Waals surface area contributed by atoms with Crippen LogP contribution in [0.3, 0.4) is 0 Å². The summed E-state index contributed by atoms with van der Waals surface area (Å²) in [7, 11) is 0. The lowest BCUT2D eigenvalue weighted by atomic mass is 9.60. The summed E-state index contributed by atoms with van der Waals surface area (Å²) in [5, 5.41) is 0. The number of ether oxygens (including phenoxy) is 2. The van der Waals surface area contributed by atoms with Gasteiger partial charge in [-0.25, -0.2) is 9.59 Å². The molecule has 0 saturated heterocycles. The van der Waals surface area contributed by atoms with E-state index in [1.54, 1.807) is 6.92 Å². The molecule has 13 unspecified atom stereocenters. The van der Waals surface area contributed by atoms with Crippen molar-refractivity contribution in [1.82, 2.24) is 0 Å². The van der Waals surface area contributed by atoms with E-state index in [4.69, 9.17) is 9.47 Å². The number of hydrogen-bond donors (Lipinski definition) is 0. The third-order valence-corrected chi connectivity index (χ3v) is 13.3. The van der Waals surface area contributed by atoms with Crippen molar-refractivity contribution in [2.75, 3.05) is 0 Å². The second-order valence-electron chi connectivity index (χ2n) is 14.5. The van der Waals surface area contributed by atoms with Gasteiger partial charge in [-0.2, -0.15) is 0 Å². The molecule has 0 N–H and O–H groups in total. The molecule has 7 aliphatic carbocycles. The Morgan fingerprint density at radius 1 is 0.784 bits per heavy atom. The number of carbonyl (C=O) groups excluding carboxylic acids is 2. The minimum Gasteiger partial charge on any atom is -0.455 e. The van der Waals surface area contributed by atoms with Crippen molar-refractivity contribution in [3.8, 4) is 0 Å². The Balaban J connectivity index is 1.07. The Labute approximate surface area is 223 Å². The van der Waals surface area contributed by atoms with Gasteiger partial charge >= 0.3 is 11.9 Å². The lowest BCUT2D eigenvalue weighted by Gasteiger charge is -2.49. The van der Waals surface area contributed by atoms with Crippen LogP contribution in [-0.4, -0.2) is 23.1 Å². The number of fused-ring (bicyclic) bond motifs is 14. The Kier molecular flexibility index (Phi) is 5.43. The molecule has 0 aromatic heterocycles. The van der Waals surface area contributed by atoms with Crippen LogP contribution in [-0.2, 0) is 19.1 Å². The van der Waals surface area contributed by atoms with Crippen LogP contribution in [0.4, 0.5) is 0 Å². The number of carbonyl (C=O) groups is 2. The van der Waals surface area contributed by atoms with E-state index in [1.165, 1.54) is 38.5 Å². The first-order valence-corrected chi connectivity index (χ1v) is 15.5. The zero-order chi connectivity index (χ0) is 25.9. The first kappa shape index (κ1) is 24.5. The molecule has 4 heteroatoms. The molecular weight excluding hydrogens is 460 g/mol. The highest BCUT2D eigenvalue weighted by molar-refractivity contribution is 5.88. The van der Waals surface area contributed by atoms with Gasteiger partial charge < -0.3 is 9.47 Å². The molecular formula is C33H46O4. The fourth-order valence-corrected chi connectivity index (χ4v) is 11.8. The van der Waals surface area contributed by atoms with Gasteiger partial charge in [0.15, 0.2) is 0 Å². The van der Waals surface area contributed by atoms with Gasteiger partial charge in [0.1, 0.15) is 11.2 Å². The molecule has 7 fully saturated rings. The van der Waals surface area contributed by atoms with Crippen molar-refractivity contribution in [3.63, 3.8) is 0 Å². The van der Waals surface area contributed by atoms with Crippen molar-refractivity contribution in [3.05, 3.63) is 23.8 Å². The first-order chi connectivity index (χ1) is 17.7. The van der Waals surface area contributed by atoms with Gasteiger partial charge in [-0.05, 0) is 131 Å². The van der Waals surface area contributed by atoms with Crippen LogP contribution >= 0.6 is 0 Å². The quantitative estimate of drug-likeness (QED) is 0.214. The smallest absolute Gasteiger partial charge is 0.333 e. The highest BCUT2D eigenvalue weighted by Crippen LogP contribution is 2.72. The molecule has 7 aliphatic rings. The standard InChI is InChI=1S/C33H46O4/c1-6-32(15-21-13-26(32)24-9-8-23(21)24)37-31(35)18(5)10-19-11-20-12-25(19)29-27-14-22(28(20)29)16-33(27,7-2)36-30(34)17(3)4/h10,19-29H,3,6-9,11-16H2,1-2,4-5H3/b18-10+. The molecule has 13 atom stereocenters. The molecule has 0 heterocycles. The van der Waals surface area contributed by atoms with Crippen LogP contribution in [0.25, 0.3) is 0 Å². The summed E-state index contributed by atoms with van der Waals surface area (Å²) in [5.41, 5.74) is 0.802. The van der Waals surface area contributed by atoms with E-state index >= 15 is 0 Å². The largest absolute Gasteiger partial charge is 0.455 e. The Bertz CT molecular complexity index is 1060. The van der Waals surface area contributed by atoms with Gasteiger partial charge in [0.25, 0.3) is 0 Å². The van der Waals surface area contributed by atoms with Crippen molar-refractivity contribution in [1.29, 1.82) is 0 Å². The van der Waals surface area contributed by atoms with E-state index in [-0.39, 0.29) is 23.1 Å². The molecule has 37 heavy (non-hydrogen) atoms. The molecule has 6 bridgehead atoms. The fraction of sp³-hybridized carbons (Fsp3) is 0.818. The molecule has 0 spiro atoms. The summed E-state index contributed by atoms with van der Waals surface area (Å²) in [4.78, 5) is 26.0. The molecule has 0 amide bonds. The Morgan fingerprint density at radius 3 is 2.08 bits per heavy atom. The molecule has 4 nitrogen and oxygen atoms in total. The fourth-order valence-electron chi connectivity index (χ4n) is 11.8. The van der Waals surface area contributed by atoms with Crippen molar-refractivity contribution >= 4 is 11.9 Å². The zero-order valence-electron chi connectivity index (χ0n) is 23.3. The normalized spacial score (nSPS) is 52.1. The third-order valence-electron chi connectivity index (χ3n) is 13.3. The average Bonchev–Trinajstić information content (AvgIpc) is 3.65. The highest BCUT2D eigenvalue weighted by Gasteiger charge is 2.69. The van der Waals surface area contributed by atoms with Crippen LogP contribution in [0.5, 0.6) is 0 Å². The summed E-state index contributed by atoms with van der Waals surface area (Å²) in [6.45, 7) is 12.0. The second kappa shape index (κ2) is 8.21. The number of esters is 2. The highest BCUT2D eigenvalue weighted by atomic mass is 16.6. The minimum absolute atomic E-state index is 0.0594. The van der Waals surface area contributed by atoms with E-state index in [2.05, 4.69) is 26.5 Å². The van der Waals surface area contributed by atoms with E-state index < -0.39 is 0 Å². The molecule has 0 aliphatic heterocycles. The van der Waals surface area contributed by atoms with E-state index in [9.17, 15) is 9.59 Å². The maximum absolute atomic E-state index is 13.5. The summed E-state index contributed by atoms with van der Waals surface area (Å²) < 4.78 is 12.7. The number of allylic oxidation sites excluding steroid dienone is 1. The van der Waals surface area contributed by atoms with Crippen LogP contribution < -0.4 is 0 Å². The first-order valence-electron chi connectivity index (χ1n) is 15.5. The summed E-state index contributed by atoms with van der Waals surface area (Å²) in [6.07, 6.45) is 14.0. The summed E-state index contributed by atoms with van der Waals surface area (Å²) in [6, 6.07) is 0. The molecule has 7 rings (SSSR count). The van der Waals surface area contributed by atoms with E-state index in [1.807, 2.05) is 6.92 Å². The third kappa shape index (κ3) is 3.26. The summed E-state index contributed by atoms with van der Waals surface area (Å²) in [5.74, 6) is 7.26.